The highest BCUT2D eigenvalue weighted by atomic mass is 16.5. The molecule has 27 nitrogen and oxygen atoms in total. The van der Waals surface area contributed by atoms with Crippen LogP contribution in [0, 0.1) is 34.6 Å². The Labute approximate surface area is 828 Å². The van der Waals surface area contributed by atoms with Crippen molar-refractivity contribution in [2.75, 3.05) is 45.4 Å². The Balaban J connectivity index is 0.000000118. The minimum Gasteiger partial charge on any atom is -0.491 e. The average molecular weight is 1910 g/mol. The van der Waals surface area contributed by atoms with E-state index in [1.54, 1.807) is 105 Å². The van der Waals surface area contributed by atoms with Crippen molar-refractivity contribution < 1.29 is 57.2 Å². The molecule has 22 rings (SSSR count). The highest BCUT2D eigenvalue weighted by molar-refractivity contribution is 6.03. The predicted molar refractivity (Wildman–Crippen MR) is 544 cm³/mol. The smallest absolute Gasteiger partial charge is 0.253 e. The van der Waals surface area contributed by atoms with Crippen molar-refractivity contribution in [3.05, 3.63) is 475 Å². The third-order valence-electron chi connectivity index (χ3n) is 26.9. The number of benzene rings is 7. The summed E-state index contributed by atoms with van der Waals surface area (Å²) >= 11 is 0. The molecule has 5 atom stereocenters. The van der Waals surface area contributed by atoms with Gasteiger partial charge >= 0.3 is 0 Å². The first-order valence-electron chi connectivity index (χ1n) is 47.4. The molecule has 0 radical (unpaired) electrons. The van der Waals surface area contributed by atoms with Crippen LogP contribution < -0.4 is 71.2 Å². The highest BCUT2D eigenvalue weighted by Gasteiger charge is 2.49. The Morgan fingerprint density at radius 2 is 0.720 bits per heavy atom. The number of carbonyl (C=O) groups is 6. The summed E-state index contributed by atoms with van der Waals surface area (Å²) < 4.78 is 36.0. The molecule has 9 aliphatic rings. The van der Waals surface area contributed by atoms with Gasteiger partial charge in [-0.25, -0.2) is 0 Å². The number of pyridine rings is 6. The number of ketones is 1. The first kappa shape index (κ1) is 95.9. The third-order valence-corrected chi connectivity index (χ3v) is 26.9. The van der Waals surface area contributed by atoms with E-state index in [4.69, 9.17) is 28.4 Å². The number of allylic oxidation sites excluding steroid dienone is 2. The standard InChI is InChI=1S/C25H22N2O3.C24H21N3O3.C23H23N3O2.C22H21N3O3.C22H21N3O2/c1-16-4-8-19(9-5-16)25(12-14-30-22-3-2-13-26-23(22)25)27-24(29)18-6-10-20-17(15-18)7-11-21(20)28;1-15-5-8-18(9-6-15)24(11-13-29-20-4-3-12-25-22(20)24)27-23(28)17-7-10-19-21(14-17)30-16(2)26-19;1-16-6-8-19(9-7-16)23(11-14-28-20-5-4-12-24-21(20)23)25-22(27)18-10-13-26(3)17(2)15-18;1-15-5-8-17(9-6-15)22(11-13-28-18-4-3-12-23-20(18)22)24-21(27)16-7-10-19(26)25(2)14-16;1-15-5-7-18(8-6-15)22(10-13-27-19-4-3-11-24-20(19)22)25-21(26)17-9-12-23-16(2)14-17/h2-6,8-10,13,15H,7,11-12,14H2,1H3,(H,27,29);3-10,12,14,26H,2,11,13H2,1H3,(H,27,28);4-10,12-13,15H,2,11,14H2,1,3H3,(H,25,27);3-10,12,14H,11,13H2,1-2H3,(H,24,27);3-9,11-12,14,23H,2,10,13H2,1H3,(H,25,26). The summed E-state index contributed by atoms with van der Waals surface area (Å²) in [5.41, 5.74) is 16.6. The van der Waals surface area contributed by atoms with Gasteiger partial charge in [-0.3, -0.25) is 58.5 Å². The van der Waals surface area contributed by atoms with Gasteiger partial charge in [-0.1, -0.05) is 168 Å². The van der Waals surface area contributed by atoms with E-state index in [9.17, 15) is 33.6 Å². The largest absolute Gasteiger partial charge is 0.491 e. The Hall–Kier alpha value is -17.4. The number of nitrogens with one attached hydrogen (secondary N) is 7. The number of dihydropyridines is 1. The van der Waals surface area contributed by atoms with Gasteiger partial charge in [0.25, 0.3) is 29.5 Å². The van der Waals surface area contributed by atoms with E-state index in [0.717, 1.165) is 89.5 Å². The van der Waals surface area contributed by atoms with Crippen LogP contribution >= 0.6 is 0 Å². The van der Waals surface area contributed by atoms with Crippen molar-refractivity contribution in [2.24, 2.45) is 7.05 Å². The molecule has 7 N–H and O–H groups in total. The second-order valence-corrected chi connectivity index (χ2v) is 36.5. The number of amides is 5. The van der Waals surface area contributed by atoms with Gasteiger partial charge in [-0.15, -0.1) is 0 Å². The zero-order valence-corrected chi connectivity index (χ0v) is 80.4. The summed E-state index contributed by atoms with van der Waals surface area (Å²) in [6.07, 6.45) is 24.9. The SMILES string of the molecule is C=C1C=C(C(=O)NC2(c3ccc(C)cc3)CCOc3cccnc32)C=CN1.C=C1C=C(C(=O)NC2(c3ccc(C)cc3)CCOc3cccnc32)C=CN1C.C=C1Nc2ccc(C(=O)NC3(c4ccc(C)cc4)CCOc4cccnc43)cc2O1.Cc1ccc(C2(NC(=O)c3ccc(=O)n(C)c3)CCOc3cccnc32)cc1.Cc1ccc(C2(NC(=O)c3ccc4c(c3)CCC4=O)CCOc3cccnc32)cc1. The molecule has 13 aromatic rings. The molecule has 0 spiro atoms. The number of aromatic nitrogens is 6. The van der Waals surface area contributed by atoms with Gasteiger partial charge in [-0.05, 0) is 202 Å². The third kappa shape index (κ3) is 19.9. The van der Waals surface area contributed by atoms with E-state index in [-0.39, 0.29) is 40.9 Å². The van der Waals surface area contributed by atoms with Crippen LogP contribution in [0.4, 0.5) is 5.69 Å². The molecule has 0 saturated heterocycles. The maximum Gasteiger partial charge on any atom is 0.253 e. The normalized spacial score (nSPS) is 19.6. The average Bonchev–Trinajstić information content (AvgIpc) is 1.34. The van der Waals surface area contributed by atoms with E-state index < -0.39 is 27.7 Å². The molecule has 5 unspecified atom stereocenters. The van der Waals surface area contributed by atoms with Crippen LogP contribution in [-0.4, -0.2) is 110 Å². The number of Topliss-reactive ketones (excluding diaryl/α,β-unsaturated/α-hetero) is 1. The van der Waals surface area contributed by atoms with Crippen LogP contribution in [0.15, 0.2) is 357 Å². The maximum absolute atomic E-state index is 13.4. The number of aryl methyl sites for hydroxylation is 7. The fourth-order valence-corrected chi connectivity index (χ4v) is 19.1. The molecule has 14 heterocycles. The minimum absolute atomic E-state index is 0.149. The van der Waals surface area contributed by atoms with Crippen molar-refractivity contribution in [1.29, 1.82) is 0 Å². The first-order chi connectivity index (χ1) is 69.2. The summed E-state index contributed by atoms with van der Waals surface area (Å²) in [4.78, 5) is 115. The number of ether oxygens (including phenoxy) is 6. The maximum atomic E-state index is 13.4. The Morgan fingerprint density at radius 1 is 0.378 bits per heavy atom. The van der Waals surface area contributed by atoms with Crippen molar-refractivity contribution in [2.45, 2.75) is 107 Å². The fourth-order valence-electron chi connectivity index (χ4n) is 19.1. The predicted octanol–water partition coefficient (Wildman–Crippen LogP) is 17.2. The van der Waals surface area contributed by atoms with E-state index in [1.807, 2.05) is 223 Å². The van der Waals surface area contributed by atoms with Crippen molar-refractivity contribution >= 4 is 41.0 Å². The molecular weight excluding hydrogens is 1800 g/mol. The monoisotopic (exact) mass is 1900 g/mol. The molecule has 27 heteroatoms. The number of anilines is 1. The number of likely N-dealkylation sites (N-methyl/N-ethyl adjacent to an activating group) is 1. The van der Waals surface area contributed by atoms with Crippen LogP contribution in [0.2, 0.25) is 0 Å². The fraction of sp³-hybridized carbons (Fsp3) is 0.207. The molecule has 8 aliphatic heterocycles. The number of fused-ring (bicyclic) bond motifs is 7. The van der Waals surface area contributed by atoms with E-state index in [1.165, 1.54) is 10.6 Å². The van der Waals surface area contributed by atoms with Crippen LogP contribution in [0.5, 0.6) is 34.5 Å². The van der Waals surface area contributed by atoms with Gasteiger partial charge in [0.1, 0.15) is 84.9 Å². The Morgan fingerprint density at radius 3 is 1.08 bits per heavy atom. The van der Waals surface area contributed by atoms with Crippen molar-refractivity contribution in [3.63, 3.8) is 0 Å². The van der Waals surface area contributed by atoms with Gasteiger partial charge in [0, 0.05) is 147 Å². The lowest BCUT2D eigenvalue weighted by Crippen LogP contribution is -2.50. The summed E-state index contributed by atoms with van der Waals surface area (Å²) in [6, 6.07) is 73.0. The number of nitrogens with zero attached hydrogens (tertiary/aromatic N) is 7. The van der Waals surface area contributed by atoms with E-state index >= 15 is 0 Å². The zero-order valence-electron chi connectivity index (χ0n) is 80.4. The molecule has 0 fully saturated rings. The second kappa shape index (κ2) is 41.0. The van der Waals surface area contributed by atoms with Crippen molar-refractivity contribution in [1.82, 2.24) is 66.3 Å². The zero-order chi connectivity index (χ0) is 99.7. The van der Waals surface area contributed by atoms with E-state index in [0.29, 0.717) is 169 Å². The highest BCUT2D eigenvalue weighted by Crippen LogP contribution is 2.48. The van der Waals surface area contributed by atoms with E-state index in [2.05, 4.69) is 106 Å². The molecule has 6 aromatic heterocycles. The van der Waals surface area contributed by atoms with Crippen LogP contribution in [0.1, 0.15) is 170 Å². The Kier molecular flexibility index (Phi) is 27.5. The molecule has 1 aliphatic carbocycles. The second-order valence-electron chi connectivity index (χ2n) is 36.5. The lowest BCUT2D eigenvalue weighted by molar-refractivity contribution is -0.120. The molecule has 7 aromatic carbocycles. The quantitative estimate of drug-likeness (QED) is 0.0501. The van der Waals surface area contributed by atoms with Gasteiger partial charge < -0.3 is 75.1 Å². The molecule has 5 amide bonds. The number of hydrogen-bond donors (Lipinski definition) is 7. The van der Waals surface area contributed by atoms with Crippen LogP contribution in [0.3, 0.4) is 0 Å². The van der Waals surface area contributed by atoms with Gasteiger partial charge in [-0.2, -0.15) is 0 Å². The molecule has 0 bridgehead atoms. The summed E-state index contributed by atoms with van der Waals surface area (Å²) in [7, 11) is 3.52. The Bertz CT molecular complexity index is 7360. The van der Waals surface area contributed by atoms with Crippen LogP contribution in [0.25, 0.3) is 0 Å². The number of carbonyl (C=O) groups excluding carboxylic acids is 6. The van der Waals surface area contributed by atoms with Crippen molar-refractivity contribution in [3.8, 4) is 34.5 Å². The summed E-state index contributed by atoms with van der Waals surface area (Å²) in [5.74, 6) is 3.61. The van der Waals surface area contributed by atoms with Crippen LogP contribution in [-0.2, 0) is 50.8 Å². The number of hydrogen-bond acceptors (Lipinski definition) is 21. The van der Waals surface area contributed by atoms with Gasteiger partial charge in [0.15, 0.2) is 17.4 Å². The molecule has 720 valence electrons. The molecule has 143 heavy (non-hydrogen) atoms. The minimum atomic E-state index is -0.811. The molecule has 0 saturated carbocycles. The van der Waals surface area contributed by atoms with Gasteiger partial charge in [0.2, 0.25) is 5.56 Å². The first-order valence-corrected chi connectivity index (χ1v) is 47.4. The molecular formula is C116H108N14O13. The summed E-state index contributed by atoms with van der Waals surface area (Å²) in [5, 5.41) is 22.2. The lowest BCUT2D eigenvalue weighted by atomic mass is 9.81. The topological polar surface area (TPSA) is 332 Å². The summed E-state index contributed by atoms with van der Waals surface area (Å²) in [6.45, 7) is 24.2. The number of rotatable bonds is 15. The lowest BCUT2D eigenvalue weighted by Gasteiger charge is -2.39. The van der Waals surface area contributed by atoms with Gasteiger partial charge in [0.05, 0.1) is 44.3 Å².